The van der Waals surface area contributed by atoms with Crippen LogP contribution in [0.4, 0.5) is 10.2 Å². The topological polar surface area (TPSA) is 24.9 Å². The summed E-state index contributed by atoms with van der Waals surface area (Å²) in [5.74, 6) is 0.709. The van der Waals surface area contributed by atoms with Crippen LogP contribution in [0.2, 0.25) is 0 Å². The molecule has 0 aromatic carbocycles. The number of halogens is 1. The third-order valence-corrected chi connectivity index (χ3v) is 2.06. The summed E-state index contributed by atoms with van der Waals surface area (Å²) in [5, 5.41) is 3.00. The summed E-state index contributed by atoms with van der Waals surface area (Å²) >= 11 is 0. The van der Waals surface area contributed by atoms with E-state index in [0.717, 1.165) is 0 Å². The Labute approximate surface area is 78.2 Å². The first-order chi connectivity index (χ1) is 6.00. The maximum atomic E-state index is 13.4. The van der Waals surface area contributed by atoms with Gasteiger partial charge in [-0.05, 0) is 32.9 Å². The van der Waals surface area contributed by atoms with Crippen molar-refractivity contribution in [2.75, 3.05) is 5.32 Å². The average molecular weight is 182 g/mol. The molecule has 3 heteroatoms. The highest BCUT2D eigenvalue weighted by atomic mass is 19.1. The van der Waals surface area contributed by atoms with Gasteiger partial charge in [-0.3, -0.25) is 0 Å². The largest absolute Gasteiger partial charge is 0.364 e. The molecular formula is C10H15FN2. The molecule has 0 unspecified atom stereocenters. The van der Waals surface area contributed by atoms with Crippen molar-refractivity contribution in [3.05, 3.63) is 24.4 Å². The Morgan fingerprint density at radius 1 is 1.46 bits per heavy atom. The van der Waals surface area contributed by atoms with Crippen molar-refractivity contribution in [1.29, 1.82) is 0 Å². The number of aromatic nitrogens is 1. The number of rotatable bonds is 3. The van der Waals surface area contributed by atoms with Crippen LogP contribution in [0.15, 0.2) is 24.4 Å². The summed E-state index contributed by atoms with van der Waals surface area (Å²) in [5.41, 5.74) is -1.24. The van der Waals surface area contributed by atoms with Gasteiger partial charge >= 0.3 is 0 Å². The zero-order chi connectivity index (χ0) is 9.90. The van der Waals surface area contributed by atoms with Gasteiger partial charge in [-0.1, -0.05) is 6.07 Å². The van der Waals surface area contributed by atoms with Gasteiger partial charge in [0.2, 0.25) is 0 Å². The Hall–Kier alpha value is -1.12. The molecule has 0 spiro atoms. The van der Waals surface area contributed by atoms with Crippen LogP contribution in [0.5, 0.6) is 0 Å². The molecule has 1 atom stereocenters. The molecule has 1 N–H and O–H groups in total. The van der Waals surface area contributed by atoms with E-state index in [1.54, 1.807) is 27.0 Å². The van der Waals surface area contributed by atoms with Gasteiger partial charge in [0.05, 0.1) is 6.04 Å². The second-order valence-electron chi connectivity index (χ2n) is 3.65. The molecule has 13 heavy (non-hydrogen) atoms. The van der Waals surface area contributed by atoms with Gasteiger partial charge in [0.1, 0.15) is 11.5 Å². The lowest BCUT2D eigenvalue weighted by molar-refractivity contribution is 0.192. The van der Waals surface area contributed by atoms with Crippen molar-refractivity contribution in [2.24, 2.45) is 0 Å². The summed E-state index contributed by atoms with van der Waals surface area (Å²) in [4.78, 5) is 4.05. The molecule has 0 aliphatic rings. The van der Waals surface area contributed by atoms with E-state index in [2.05, 4.69) is 10.3 Å². The standard InChI is InChI=1S/C10H15FN2/c1-8(10(2,3)11)13-9-6-4-5-7-12-9/h4-8H,1-3H3,(H,12,13)/t8-/m0/s1. The Morgan fingerprint density at radius 2 is 2.15 bits per heavy atom. The van der Waals surface area contributed by atoms with E-state index in [9.17, 15) is 4.39 Å². The second-order valence-corrected chi connectivity index (χ2v) is 3.65. The summed E-state index contributed by atoms with van der Waals surface area (Å²) in [7, 11) is 0. The third kappa shape index (κ3) is 3.01. The molecule has 0 bridgehead atoms. The van der Waals surface area contributed by atoms with Gasteiger partial charge in [-0.2, -0.15) is 0 Å². The van der Waals surface area contributed by atoms with Crippen LogP contribution >= 0.6 is 0 Å². The predicted octanol–water partition coefficient (Wildman–Crippen LogP) is 2.63. The molecule has 0 fully saturated rings. The van der Waals surface area contributed by atoms with E-state index >= 15 is 0 Å². The smallest absolute Gasteiger partial charge is 0.126 e. The SMILES string of the molecule is C[C@H](Nc1ccccn1)C(C)(C)F. The minimum atomic E-state index is -1.24. The van der Waals surface area contributed by atoms with Crippen LogP contribution in [0.25, 0.3) is 0 Å². The summed E-state index contributed by atoms with van der Waals surface area (Å²) in [6.45, 7) is 4.90. The van der Waals surface area contributed by atoms with Crippen molar-refractivity contribution >= 4 is 5.82 Å². The lowest BCUT2D eigenvalue weighted by Crippen LogP contribution is -2.35. The number of alkyl halides is 1. The normalized spacial score (nSPS) is 13.8. The number of nitrogens with one attached hydrogen (secondary N) is 1. The van der Waals surface area contributed by atoms with Gasteiger partial charge < -0.3 is 5.32 Å². The lowest BCUT2D eigenvalue weighted by atomic mass is 10.0. The molecule has 1 aromatic heterocycles. The zero-order valence-electron chi connectivity index (χ0n) is 8.21. The van der Waals surface area contributed by atoms with Crippen molar-refractivity contribution in [3.8, 4) is 0 Å². The monoisotopic (exact) mass is 182 g/mol. The highest BCUT2D eigenvalue weighted by Crippen LogP contribution is 2.17. The molecule has 0 saturated heterocycles. The van der Waals surface area contributed by atoms with Gasteiger partial charge in [-0.15, -0.1) is 0 Å². The molecule has 2 nitrogen and oxygen atoms in total. The molecule has 0 amide bonds. The van der Waals surface area contributed by atoms with E-state index in [4.69, 9.17) is 0 Å². The third-order valence-electron chi connectivity index (χ3n) is 2.06. The Balaban J connectivity index is 2.61. The van der Waals surface area contributed by atoms with E-state index in [-0.39, 0.29) is 6.04 Å². The quantitative estimate of drug-likeness (QED) is 0.777. The molecule has 1 rings (SSSR count). The van der Waals surface area contributed by atoms with Crippen molar-refractivity contribution < 1.29 is 4.39 Å². The first-order valence-corrected chi connectivity index (χ1v) is 4.36. The van der Waals surface area contributed by atoms with E-state index in [0.29, 0.717) is 5.82 Å². The Kier molecular flexibility index (Phi) is 2.86. The Morgan fingerprint density at radius 3 is 2.62 bits per heavy atom. The fourth-order valence-electron chi connectivity index (χ4n) is 0.842. The Bertz CT molecular complexity index is 253. The second kappa shape index (κ2) is 3.73. The van der Waals surface area contributed by atoms with E-state index < -0.39 is 5.67 Å². The molecule has 0 aliphatic carbocycles. The number of hydrogen-bond acceptors (Lipinski definition) is 2. The minimum absolute atomic E-state index is 0.248. The summed E-state index contributed by atoms with van der Waals surface area (Å²) in [6, 6.07) is 5.27. The fourth-order valence-corrected chi connectivity index (χ4v) is 0.842. The fraction of sp³-hybridized carbons (Fsp3) is 0.500. The number of anilines is 1. The van der Waals surface area contributed by atoms with E-state index in [1.165, 1.54) is 0 Å². The first-order valence-electron chi connectivity index (χ1n) is 4.36. The predicted molar refractivity (Wildman–Crippen MR) is 52.5 cm³/mol. The van der Waals surface area contributed by atoms with E-state index in [1.807, 2.05) is 18.2 Å². The molecule has 72 valence electrons. The molecule has 0 aliphatic heterocycles. The average Bonchev–Trinajstić information content (AvgIpc) is 2.04. The molecular weight excluding hydrogens is 167 g/mol. The zero-order valence-corrected chi connectivity index (χ0v) is 8.21. The van der Waals surface area contributed by atoms with Gasteiger partial charge in [0.15, 0.2) is 0 Å². The van der Waals surface area contributed by atoms with Crippen molar-refractivity contribution in [3.63, 3.8) is 0 Å². The molecule has 0 radical (unpaired) electrons. The van der Waals surface area contributed by atoms with Crippen LogP contribution in [-0.2, 0) is 0 Å². The number of nitrogens with zero attached hydrogens (tertiary/aromatic N) is 1. The van der Waals surface area contributed by atoms with Gasteiger partial charge in [0.25, 0.3) is 0 Å². The number of hydrogen-bond donors (Lipinski definition) is 1. The number of pyridine rings is 1. The maximum Gasteiger partial charge on any atom is 0.126 e. The summed E-state index contributed by atoms with van der Waals surface area (Å²) in [6.07, 6.45) is 1.68. The van der Waals surface area contributed by atoms with Crippen LogP contribution < -0.4 is 5.32 Å². The maximum absolute atomic E-state index is 13.4. The van der Waals surface area contributed by atoms with Crippen LogP contribution in [-0.4, -0.2) is 16.7 Å². The molecule has 0 saturated carbocycles. The molecule has 1 aromatic rings. The van der Waals surface area contributed by atoms with Crippen LogP contribution in [0, 0.1) is 0 Å². The minimum Gasteiger partial charge on any atom is -0.364 e. The first kappa shape index (κ1) is 9.96. The molecule has 1 heterocycles. The van der Waals surface area contributed by atoms with Gasteiger partial charge in [-0.25, -0.2) is 9.37 Å². The van der Waals surface area contributed by atoms with Crippen LogP contribution in [0.1, 0.15) is 20.8 Å². The van der Waals surface area contributed by atoms with Crippen LogP contribution in [0.3, 0.4) is 0 Å². The van der Waals surface area contributed by atoms with Crippen molar-refractivity contribution in [1.82, 2.24) is 4.98 Å². The van der Waals surface area contributed by atoms with Gasteiger partial charge in [0, 0.05) is 6.20 Å². The highest BCUT2D eigenvalue weighted by molar-refractivity contribution is 5.35. The lowest BCUT2D eigenvalue weighted by Gasteiger charge is -2.24. The van der Waals surface area contributed by atoms with Crippen molar-refractivity contribution in [2.45, 2.75) is 32.5 Å². The summed E-state index contributed by atoms with van der Waals surface area (Å²) < 4.78 is 13.4. The highest BCUT2D eigenvalue weighted by Gasteiger charge is 2.24.